The maximum atomic E-state index is 9.43. The molecule has 2 nitrogen and oxygen atoms in total. The molecule has 1 atom stereocenters. The summed E-state index contributed by atoms with van der Waals surface area (Å²) < 4.78 is 0. The van der Waals surface area contributed by atoms with Crippen LogP contribution in [0, 0.1) is 0 Å². The fourth-order valence-corrected chi connectivity index (χ4v) is 2.31. The van der Waals surface area contributed by atoms with Crippen molar-refractivity contribution in [2.24, 2.45) is 0 Å². The first-order valence-corrected chi connectivity index (χ1v) is 5.70. The Morgan fingerprint density at radius 2 is 2.12 bits per heavy atom. The number of rotatable bonds is 2. The van der Waals surface area contributed by atoms with E-state index in [9.17, 15) is 5.11 Å². The maximum absolute atomic E-state index is 9.43. The van der Waals surface area contributed by atoms with Gasteiger partial charge in [-0.2, -0.15) is 0 Å². The van der Waals surface area contributed by atoms with E-state index in [1.807, 2.05) is 12.1 Å². The van der Waals surface area contributed by atoms with Crippen LogP contribution in [0.4, 0.5) is 0 Å². The molecule has 1 fully saturated rings. The first-order valence-electron chi connectivity index (χ1n) is 5.70. The van der Waals surface area contributed by atoms with Gasteiger partial charge < -0.3 is 10.0 Å². The van der Waals surface area contributed by atoms with E-state index in [1.165, 1.54) is 18.5 Å². The minimum absolute atomic E-state index is 0. The van der Waals surface area contributed by atoms with Gasteiger partial charge >= 0.3 is 0 Å². The second kappa shape index (κ2) is 5.55. The Kier molecular flexibility index (Phi) is 4.63. The van der Waals surface area contributed by atoms with Crippen molar-refractivity contribution in [3.63, 3.8) is 0 Å². The van der Waals surface area contributed by atoms with Gasteiger partial charge in [-0.3, -0.25) is 0 Å². The third kappa shape index (κ3) is 2.89. The lowest BCUT2D eigenvalue weighted by Gasteiger charge is -2.20. The van der Waals surface area contributed by atoms with Gasteiger partial charge in [0, 0.05) is 12.6 Å². The van der Waals surface area contributed by atoms with Gasteiger partial charge in [0.15, 0.2) is 0 Å². The molecule has 0 amide bonds. The standard InChI is InChI=1S/C13H19NO.ClH/c1-10(2)14-7-6-12(9-14)11-4-3-5-13(15)8-11;/h3-5,8,10,12,15H,6-7,9H2,1-2H3;1H. The summed E-state index contributed by atoms with van der Waals surface area (Å²) in [6.07, 6.45) is 1.21. The molecule has 16 heavy (non-hydrogen) atoms. The third-order valence-corrected chi connectivity index (χ3v) is 3.29. The molecule has 0 radical (unpaired) electrons. The molecule has 90 valence electrons. The van der Waals surface area contributed by atoms with Gasteiger partial charge in [0.1, 0.15) is 5.75 Å². The SMILES string of the molecule is CC(C)N1CCC(c2cccc(O)c2)C1.Cl. The smallest absolute Gasteiger partial charge is 0.115 e. The van der Waals surface area contributed by atoms with E-state index >= 15 is 0 Å². The fourth-order valence-electron chi connectivity index (χ4n) is 2.31. The van der Waals surface area contributed by atoms with Crippen LogP contribution < -0.4 is 0 Å². The highest BCUT2D eigenvalue weighted by atomic mass is 35.5. The van der Waals surface area contributed by atoms with E-state index in [-0.39, 0.29) is 12.4 Å². The quantitative estimate of drug-likeness (QED) is 0.861. The Bertz CT molecular complexity index is 340. The van der Waals surface area contributed by atoms with Crippen LogP contribution in [0.15, 0.2) is 24.3 Å². The highest BCUT2D eigenvalue weighted by Crippen LogP contribution is 2.29. The molecule has 1 N–H and O–H groups in total. The van der Waals surface area contributed by atoms with Gasteiger partial charge in [-0.25, -0.2) is 0 Å². The Morgan fingerprint density at radius 3 is 2.69 bits per heavy atom. The minimum Gasteiger partial charge on any atom is -0.508 e. The molecule has 1 heterocycles. The van der Waals surface area contributed by atoms with Crippen LogP contribution in [0.2, 0.25) is 0 Å². The molecule has 0 spiro atoms. The number of phenols is 1. The number of hydrogen-bond acceptors (Lipinski definition) is 2. The maximum Gasteiger partial charge on any atom is 0.115 e. The zero-order valence-electron chi connectivity index (χ0n) is 9.89. The number of phenolic OH excluding ortho intramolecular Hbond substituents is 1. The molecule has 1 unspecified atom stereocenters. The molecule has 3 heteroatoms. The largest absolute Gasteiger partial charge is 0.508 e. The molecule has 2 rings (SSSR count). The van der Waals surface area contributed by atoms with Crippen molar-refractivity contribution in [2.75, 3.05) is 13.1 Å². The number of halogens is 1. The minimum atomic E-state index is 0. The molecular weight excluding hydrogens is 222 g/mol. The van der Waals surface area contributed by atoms with Crippen molar-refractivity contribution in [1.82, 2.24) is 4.90 Å². The van der Waals surface area contributed by atoms with E-state index in [0.717, 1.165) is 6.54 Å². The molecular formula is C13H20ClNO. The molecule has 1 saturated heterocycles. The highest BCUT2D eigenvalue weighted by molar-refractivity contribution is 5.85. The van der Waals surface area contributed by atoms with Crippen molar-refractivity contribution in [3.05, 3.63) is 29.8 Å². The second-order valence-electron chi connectivity index (χ2n) is 4.67. The summed E-state index contributed by atoms with van der Waals surface area (Å²) >= 11 is 0. The van der Waals surface area contributed by atoms with E-state index < -0.39 is 0 Å². The zero-order valence-corrected chi connectivity index (χ0v) is 10.7. The summed E-state index contributed by atoms with van der Waals surface area (Å²) in [4.78, 5) is 2.49. The molecule has 0 saturated carbocycles. The average Bonchev–Trinajstić information content (AvgIpc) is 2.66. The summed E-state index contributed by atoms with van der Waals surface area (Å²) in [6, 6.07) is 8.32. The topological polar surface area (TPSA) is 23.5 Å². The second-order valence-corrected chi connectivity index (χ2v) is 4.67. The Labute approximate surface area is 104 Å². The summed E-state index contributed by atoms with van der Waals surface area (Å²) in [7, 11) is 0. The molecule has 1 aromatic carbocycles. The van der Waals surface area contributed by atoms with Gasteiger partial charge in [0.25, 0.3) is 0 Å². The predicted octanol–water partition coefficient (Wildman–Crippen LogP) is 3.01. The van der Waals surface area contributed by atoms with Crippen LogP contribution in [0.3, 0.4) is 0 Å². The van der Waals surface area contributed by atoms with Crippen LogP contribution in [-0.4, -0.2) is 29.1 Å². The van der Waals surface area contributed by atoms with E-state index in [1.54, 1.807) is 6.07 Å². The third-order valence-electron chi connectivity index (χ3n) is 3.29. The Balaban J connectivity index is 0.00000128. The molecule has 1 aliphatic heterocycles. The van der Waals surface area contributed by atoms with Crippen LogP contribution >= 0.6 is 12.4 Å². The molecule has 0 bridgehead atoms. The van der Waals surface area contributed by atoms with E-state index in [2.05, 4.69) is 24.8 Å². The average molecular weight is 242 g/mol. The lowest BCUT2D eigenvalue weighted by atomic mass is 9.98. The van der Waals surface area contributed by atoms with Crippen LogP contribution in [-0.2, 0) is 0 Å². The number of likely N-dealkylation sites (tertiary alicyclic amines) is 1. The lowest BCUT2D eigenvalue weighted by molar-refractivity contribution is 0.272. The van der Waals surface area contributed by atoms with Crippen molar-refractivity contribution in [2.45, 2.75) is 32.2 Å². The predicted molar refractivity (Wildman–Crippen MR) is 69.4 cm³/mol. The lowest BCUT2D eigenvalue weighted by Crippen LogP contribution is -2.27. The van der Waals surface area contributed by atoms with Gasteiger partial charge in [0.05, 0.1) is 0 Å². The molecule has 0 aliphatic carbocycles. The van der Waals surface area contributed by atoms with Crippen LogP contribution in [0.25, 0.3) is 0 Å². The van der Waals surface area contributed by atoms with E-state index in [4.69, 9.17) is 0 Å². The van der Waals surface area contributed by atoms with Gasteiger partial charge in [-0.15, -0.1) is 12.4 Å². The monoisotopic (exact) mass is 241 g/mol. The van der Waals surface area contributed by atoms with Crippen molar-refractivity contribution in [1.29, 1.82) is 0 Å². The van der Waals surface area contributed by atoms with Gasteiger partial charge in [-0.1, -0.05) is 12.1 Å². The summed E-state index contributed by atoms with van der Waals surface area (Å²) in [5.41, 5.74) is 1.28. The Hall–Kier alpha value is -0.730. The number of nitrogens with zero attached hydrogens (tertiary/aromatic N) is 1. The molecule has 0 aromatic heterocycles. The van der Waals surface area contributed by atoms with Crippen molar-refractivity contribution < 1.29 is 5.11 Å². The fraction of sp³-hybridized carbons (Fsp3) is 0.538. The molecule has 1 aliphatic rings. The summed E-state index contributed by atoms with van der Waals surface area (Å²) in [5, 5.41) is 9.43. The highest BCUT2D eigenvalue weighted by Gasteiger charge is 2.25. The van der Waals surface area contributed by atoms with Crippen molar-refractivity contribution in [3.8, 4) is 5.75 Å². The van der Waals surface area contributed by atoms with Crippen molar-refractivity contribution >= 4 is 12.4 Å². The first kappa shape index (κ1) is 13.3. The van der Waals surface area contributed by atoms with Crippen LogP contribution in [0.5, 0.6) is 5.75 Å². The number of benzene rings is 1. The van der Waals surface area contributed by atoms with Crippen LogP contribution in [0.1, 0.15) is 31.7 Å². The summed E-state index contributed by atoms with van der Waals surface area (Å²) in [6.45, 7) is 6.79. The van der Waals surface area contributed by atoms with Gasteiger partial charge in [-0.05, 0) is 50.4 Å². The van der Waals surface area contributed by atoms with Gasteiger partial charge in [0.2, 0.25) is 0 Å². The normalized spacial score (nSPS) is 21.1. The Morgan fingerprint density at radius 1 is 1.38 bits per heavy atom. The summed E-state index contributed by atoms with van der Waals surface area (Å²) in [5.74, 6) is 0.981. The molecule has 1 aromatic rings. The zero-order chi connectivity index (χ0) is 10.8. The first-order chi connectivity index (χ1) is 7.16. The van der Waals surface area contributed by atoms with E-state index in [0.29, 0.717) is 17.7 Å². The number of hydrogen-bond donors (Lipinski definition) is 1. The number of aromatic hydroxyl groups is 1.